The topological polar surface area (TPSA) is 12.5 Å². The molecule has 0 aromatic carbocycles. The summed E-state index contributed by atoms with van der Waals surface area (Å²) in [5, 5.41) is 0. The van der Waals surface area contributed by atoms with E-state index >= 15 is 0 Å². The van der Waals surface area contributed by atoms with Crippen molar-refractivity contribution in [3.8, 4) is 0 Å². The average Bonchev–Trinajstić information content (AvgIpc) is 1.87. The van der Waals surface area contributed by atoms with Crippen LogP contribution in [0.15, 0.2) is 0 Å². The summed E-state index contributed by atoms with van der Waals surface area (Å²) in [5.74, 6) is 2.00. The van der Waals surface area contributed by atoms with Gasteiger partial charge < -0.3 is 9.64 Å². The van der Waals surface area contributed by atoms with Crippen molar-refractivity contribution in [3.63, 3.8) is 0 Å². The molecule has 0 saturated heterocycles. The first kappa shape index (κ1) is 10.3. The van der Waals surface area contributed by atoms with Gasteiger partial charge in [0.25, 0.3) is 0 Å². The second kappa shape index (κ2) is 7.38. The van der Waals surface area contributed by atoms with Gasteiger partial charge in [0.2, 0.25) is 0 Å². The molecule has 0 aromatic heterocycles. The van der Waals surface area contributed by atoms with Crippen LogP contribution in [0.1, 0.15) is 6.92 Å². The predicted octanol–water partition coefficient (Wildman–Crippen LogP) is 1.28. The summed E-state index contributed by atoms with van der Waals surface area (Å²) in [6, 6.07) is 0. The van der Waals surface area contributed by atoms with Crippen molar-refractivity contribution in [3.05, 3.63) is 0 Å². The Bertz CT molecular complexity index is 68.6. The Morgan fingerprint density at radius 3 is 2.60 bits per heavy atom. The molecular formula is C7H17NOS. The Morgan fingerprint density at radius 2 is 2.10 bits per heavy atom. The first-order valence-electron chi connectivity index (χ1n) is 3.57. The van der Waals surface area contributed by atoms with Gasteiger partial charge in [-0.25, -0.2) is 0 Å². The molecule has 0 saturated carbocycles. The predicted molar refractivity (Wildman–Crippen MR) is 47.5 cm³/mol. The van der Waals surface area contributed by atoms with Gasteiger partial charge in [-0.05, 0) is 21.0 Å². The maximum absolute atomic E-state index is 5.16. The van der Waals surface area contributed by atoms with Crippen LogP contribution < -0.4 is 0 Å². The van der Waals surface area contributed by atoms with Crippen LogP contribution in [0.3, 0.4) is 0 Å². The van der Waals surface area contributed by atoms with Crippen molar-refractivity contribution < 1.29 is 4.74 Å². The highest BCUT2D eigenvalue weighted by atomic mass is 32.2. The molecule has 0 aliphatic rings. The zero-order chi connectivity index (χ0) is 7.82. The lowest BCUT2D eigenvalue weighted by Crippen LogP contribution is -2.15. The molecule has 10 heavy (non-hydrogen) atoms. The van der Waals surface area contributed by atoms with Crippen molar-refractivity contribution >= 4 is 11.8 Å². The minimum atomic E-state index is 0.828. The summed E-state index contributed by atoms with van der Waals surface area (Å²) in [6.07, 6.45) is 0. The molecular weight excluding hydrogens is 146 g/mol. The molecule has 0 bridgehead atoms. The lowest BCUT2D eigenvalue weighted by Gasteiger charge is -2.07. The molecule has 0 amide bonds. The molecule has 2 nitrogen and oxygen atoms in total. The fourth-order valence-electron chi connectivity index (χ4n) is 0.448. The minimum absolute atomic E-state index is 0.828. The molecule has 0 aliphatic heterocycles. The Hall–Kier alpha value is 0.270. The number of ether oxygens (including phenoxy) is 1. The van der Waals surface area contributed by atoms with Gasteiger partial charge in [0.05, 0.1) is 5.94 Å². The smallest absolute Gasteiger partial charge is 0.0921 e. The first-order valence-corrected chi connectivity index (χ1v) is 4.73. The van der Waals surface area contributed by atoms with Crippen LogP contribution >= 0.6 is 11.8 Å². The molecule has 0 radical (unpaired) electrons. The number of hydrogen-bond donors (Lipinski definition) is 0. The molecule has 0 aliphatic carbocycles. The zero-order valence-corrected chi connectivity index (χ0v) is 7.91. The molecule has 0 fully saturated rings. The van der Waals surface area contributed by atoms with Crippen LogP contribution in [0.5, 0.6) is 0 Å². The van der Waals surface area contributed by atoms with E-state index in [4.69, 9.17) is 4.74 Å². The summed E-state index contributed by atoms with van der Waals surface area (Å²) >= 11 is 1.84. The average molecular weight is 163 g/mol. The highest BCUT2D eigenvalue weighted by Gasteiger charge is 1.89. The lowest BCUT2D eigenvalue weighted by atomic mass is 10.7. The quantitative estimate of drug-likeness (QED) is 0.432. The number of hydrogen-bond acceptors (Lipinski definition) is 3. The highest BCUT2D eigenvalue weighted by Crippen LogP contribution is 1.99. The van der Waals surface area contributed by atoms with Gasteiger partial charge in [-0.2, -0.15) is 0 Å². The minimum Gasteiger partial charge on any atom is -0.371 e. The molecule has 0 spiro atoms. The van der Waals surface area contributed by atoms with Gasteiger partial charge in [0.15, 0.2) is 0 Å². The van der Waals surface area contributed by atoms with Crippen molar-refractivity contribution in [2.45, 2.75) is 6.92 Å². The second-order valence-corrected chi connectivity index (χ2v) is 3.37. The van der Waals surface area contributed by atoms with E-state index in [0.29, 0.717) is 0 Å². The highest BCUT2D eigenvalue weighted by molar-refractivity contribution is 7.99. The fourth-order valence-corrected chi connectivity index (χ4v) is 1.34. The zero-order valence-electron chi connectivity index (χ0n) is 7.09. The van der Waals surface area contributed by atoms with E-state index in [1.165, 1.54) is 0 Å². The molecule has 0 atom stereocenters. The molecule has 3 heteroatoms. The molecule has 0 heterocycles. The van der Waals surface area contributed by atoms with E-state index in [0.717, 1.165) is 24.8 Å². The number of rotatable bonds is 6. The van der Waals surface area contributed by atoms with Gasteiger partial charge in [-0.1, -0.05) is 0 Å². The van der Waals surface area contributed by atoms with E-state index in [-0.39, 0.29) is 0 Å². The van der Waals surface area contributed by atoms with E-state index in [1.54, 1.807) is 0 Å². The van der Waals surface area contributed by atoms with Crippen molar-refractivity contribution in [1.82, 2.24) is 4.90 Å². The van der Waals surface area contributed by atoms with E-state index in [9.17, 15) is 0 Å². The van der Waals surface area contributed by atoms with Crippen molar-refractivity contribution in [2.24, 2.45) is 0 Å². The van der Waals surface area contributed by atoms with E-state index < -0.39 is 0 Å². The SMILES string of the molecule is CCOCSCCN(C)C. The van der Waals surface area contributed by atoms with Crippen LogP contribution in [-0.4, -0.2) is 43.8 Å². The Kier molecular flexibility index (Phi) is 7.58. The van der Waals surface area contributed by atoms with Crippen LogP contribution in [-0.2, 0) is 4.74 Å². The Labute approximate surface area is 67.9 Å². The van der Waals surface area contributed by atoms with Crippen LogP contribution in [0.25, 0.3) is 0 Å². The number of nitrogens with zero attached hydrogens (tertiary/aromatic N) is 1. The maximum Gasteiger partial charge on any atom is 0.0921 e. The van der Waals surface area contributed by atoms with Crippen LogP contribution in [0.2, 0.25) is 0 Å². The van der Waals surface area contributed by atoms with Gasteiger partial charge in [0.1, 0.15) is 0 Å². The van der Waals surface area contributed by atoms with Gasteiger partial charge in [0, 0.05) is 18.9 Å². The van der Waals surface area contributed by atoms with Crippen molar-refractivity contribution in [2.75, 3.05) is 38.9 Å². The molecule has 0 unspecified atom stereocenters. The van der Waals surface area contributed by atoms with Crippen LogP contribution in [0, 0.1) is 0 Å². The second-order valence-electron chi connectivity index (χ2n) is 2.32. The monoisotopic (exact) mass is 163 g/mol. The normalized spacial score (nSPS) is 10.8. The lowest BCUT2D eigenvalue weighted by molar-refractivity contribution is 0.199. The maximum atomic E-state index is 5.16. The summed E-state index contributed by atoms with van der Waals surface area (Å²) < 4.78 is 5.16. The van der Waals surface area contributed by atoms with Gasteiger partial charge in [-0.3, -0.25) is 0 Å². The third-order valence-corrected chi connectivity index (χ3v) is 1.86. The Morgan fingerprint density at radius 1 is 1.40 bits per heavy atom. The summed E-state index contributed by atoms with van der Waals surface area (Å²) in [4.78, 5) is 2.18. The van der Waals surface area contributed by atoms with Gasteiger partial charge >= 0.3 is 0 Å². The van der Waals surface area contributed by atoms with E-state index in [2.05, 4.69) is 19.0 Å². The largest absolute Gasteiger partial charge is 0.371 e. The third kappa shape index (κ3) is 8.27. The van der Waals surface area contributed by atoms with Crippen molar-refractivity contribution in [1.29, 1.82) is 0 Å². The van der Waals surface area contributed by atoms with E-state index in [1.807, 2.05) is 18.7 Å². The molecule has 0 aromatic rings. The standard InChI is InChI=1S/C7H17NOS/c1-4-9-7-10-6-5-8(2)3/h4-7H2,1-3H3. The number of thioether (sulfide) groups is 1. The molecule has 0 rings (SSSR count). The summed E-state index contributed by atoms with van der Waals surface area (Å²) in [6.45, 7) is 3.99. The molecule has 0 N–H and O–H groups in total. The van der Waals surface area contributed by atoms with Crippen LogP contribution in [0.4, 0.5) is 0 Å². The molecule has 62 valence electrons. The fraction of sp³-hybridized carbons (Fsp3) is 1.00. The summed E-state index contributed by atoms with van der Waals surface area (Å²) in [5.41, 5.74) is 0. The first-order chi connectivity index (χ1) is 4.77. The third-order valence-electron chi connectivity index (χ3n) is 1.05. The Balaban J connectivity index is 2.77. The van der Waals surface area contributed by atoms with Gasteiger partial charge in [-0.15, -0.1) is 11.8 Å². The summed E-state index contributed by atoms with van der Waals surface area (Å²) in [7, 11) is 4.17.